The molecule has 29 heavy (non-hydrogen) atoms. The summed E-state index contributed by atoms with van der Waals surface area (Å²) in [7, 11) is 1.23. The first-order valence-electron chi connectivity index (χ1n) is 9.73. The van der Waals surface area contributed by atoms with Gasteiger partial charge in [-0.1, -0.05) is 18.2 Å². The second-order valence-electron chi connectivity index (χ2n) is 7.93. The molecule has 8 heteroatoms. The highest BCUT2D eigenvalue weighted by Crippen LogP contribution is 2.53. The fraction of sp³-hybridized carbons (Fsp3) is 0.476. The molecule has 5 rings (SSSR count). The van der Waals surface area contributed by atoms with Crippen LogP contribution >= 0.6 is 0 Å². The number of imide groups is 1. The lowest BCUT2D eigenvalue weighted by Gasteiger charge is -2.43. The lowest BCUT2D eigenvalue weighted by Crippen LogP contribution is -2.44. The molecule has 1 N–H and O–H groups in total. The van der Waals surface area contributed by atoms with Crippen LogP contribution in [0.5, 0.6) is 0 Å². The van der Waals surface area contributed by atoms with Gasteiger partial charge in [-0.15, -0.1) is 0 Å². The van der Waals surface area contributed by atoms with Crippen LogP contribution in [0.15, 0.2) is 30.4 Å². The number of likely N-dealkylation sites (tertiary alicyclic amines) is 1. The van der Waals surface area contributed by atoms with Crippen molar-refractivity contribution in [2.45, 2.75) is 19.8 Å². The number of anilines is 1. The second-order valence-corrected chi connectivity index (χ2v) is 7.93. The summed E-state index contributed by atoms with van der Waals surface area (Å²) in [6.07, 6.45) is 4.87. The van der Waals surface area contributed by atoms with Crippen LogP contribution in [-0.4, -0.2) is 47.2 Å². The van der Waals surface area contributed by atoms with E-state index in [4.69, 9.17) is 0 Å². The minimum Gasteiger partial charge on any atom is -0.468 e. The maximum Gasteiger partial charge on any atom is 0.325 e. The molecule has 3 amide bonds. The van der Waals surface area contributed by atoms with E-state index in [1.54, 1.807) is 6.07 Å². The Morgan fingerprint density at radius 2 is 1.97 bits per heavy atom. The number of ether oxygens (including phenoxy) is 1. The molecule has 0 spiro atoms. The molecule has 1 aromatic rings. The summed E-state index contributed by atoms with van der Waals surface area (Å²) in [4.78, 5) is 55.1. The third-order valence-electron chi connectivity index (χ3n) is 6.18. The number of fused-ring (bicyclic) bond motifs is 1. The smallest absolute Gasteiger partial charge is 0.325 e. The van der Waals surface area contributed by atoms with Crippen molar-refractivity contribution in [2.24, 2.45) is 29.6 Å². The molecular weight excluding hydrogens is 374 g/mol. The first-order chi connectivity index (χ1) is 13.9. The largest absolute Gasteiger partial charge is 0.468 e. The van der Waals surface area contributed by atoms with Gasteiger partial charge >= 0.3 is 5.97 Å². The number of aromatic nitrogens is 1. The SMILES string of the molecule is COC(=O)CN1C(=O)[C@H]2[C@H]3C=C[C@H](C[C@@H]3CC(=O)Nc3cccc(C)n3)[C@H]2C1=O. The average Bonchev–Trinajstić information content (AvgIpc) is 2.95. The Hall–Kier alpha value is -3.03. The van der Waals surface area contributed by atoms with Crippen LogP contribution in [0.2, 0.25) is 0 Å². The van der Waals surface area contributed by atoms with Crippen LogP contribution in [-0.2, 0) is 23.9 Å². The zero-order valence-corrected chi connectivity index (χ0v) is 16.3. The summed E-state index contributed by atoms with van der Waals surface area (Å²) in [5, 5.41) is 2.81. The number of esters is 1. The second kappa shape index (κ2) is 7.42. The Labute approximate surface area is 168 Å². The fourth-order valence-electron chi connectivity index (χ4n) is 4.94. The van der Waals surface area contributed by atoms with Gasteiger partial charge in [-0.25, -0.2) is 4.98 Å². The number of carbonyl (C=O) groups is 4. The van der Waals surface area contributed by atoms with Gasteiger partial charge in [0, 0.05) is 12.1 Å². The van der Waals surface area contributed by atoms with Crippen molar-refractivity contribution in [3.8, 4) is 0 Å². The number of carbonyl (C=O) groups excluding carboxylic acids is 4. The number of rotatable bonds is 5. The summed E-state index contributed by atoms with van der Waals surface area (Å²) in [6.45, 7) is 1.49. The van der Waals surface area contributed by atoms with Crippen LogP contribution in [0.1, 0.15) is 18.5 Å². The van der Waals surface area contributed by atoms with Crippen molar-refractivity contribution in [1.29, 1.82) is 0 Å². The molecule has 0 unspecified atom stereocenters. The standard InChI is InChI=1S/C21H23N3O5/c1-11-4-3-5-15(22-11)23-16(25)9-13-8-12-6-7-14(13)19-18(12)20(27)24(21(19)28)10-17(26)29-2/h3-7,12-14,18-19H,8-10H2,1-2H3,(H,22,23,25)/t12-,13-,14+,18-,19+/m1/s1. The van der Waals surface area contributed by atoms with Crippen LogP contribution in [0.4, 0.5) is 5.82 Å². The van der Waals surface area contributed by atoms with Crippen molar-refractivity contribution >= 4 is 29.5 Å². The van der Waals surface area contributed by atoms with Gasteiger partial charge in [-0.2, -0.15) is 0 Å². The van der Waals surface area contributed by atoms with Gasteiger partial charge in [0.2, 0.25) is 17.7 Å². The van der Waals surface area contributed by atoms with Crippen LogP contribution < -0.4 is 5.32 Å². The molecule has 1 aliphatic heterocycles. The molecule has 0 aromatic carbocycles. The summed E-state index contributed by atoms with van der Waals surface area (Å²) >= 11 is 0. The molecule has 2 heterocycles. The van der Waals surface area contributed by atoms with Gasteiger partial charge in [0.15, 0.2) is 0 Å². The van der Waals surface area contributed by atoms with Crippen LogP contribution in [0.3, 0.4) is 0 Å². The molecule has 8 nitrogen and oxygen atoms in total. The minimum atomic E-state index is -0.618. The molecule has 2 bridgehead atoms. The normalized spacial score (nSPS) is 29.7. The summed E-state index contributed by atoms with van der Waals surface area (Å²) < 4.78 is 4.61. The van der Waals surface area contributed by atoms with E-state index in [1.807, 2.05) is 31.2 Å². The Balaban J connectivity index is 1.47. The molecule has 0 radical (unpaired) electrons. The fourth-order valence-corrected chi connectivity index (χ4v) is 4.94. The Kier molecular flexibility index (Phi) is 4.94. The Morgan fingerprint density at radius 1 is 1.21 bits per heavy atom. The van der Waals surface area contributed by atoms with Gasteiger partial charge in [0.05, 0.1) is 18.9 Å². The van der Waals surface area contributed by atoms with Crippen molar-refractivity contribution in [3.05, 3.63) is 36.0 Å². The maximum atomic E-state index is 12.9. The average molecular weight is 397 g/mol. The number of amides is 3. The van der Waals surface area contributed by atoms with Crippen LogP contribution in [0, 0.1) is 36.5 Å². The Bertz CT molecular complexity index is 911. The molecule has 1 saturated carbocycles. The van der Waals surface area contributed by atoms with Gasteiger partial charge in [0.25, 0.3) is 0 Å². The topological polar surface area (TPSA) is 106 Å². The van der Waals surface area contributed by atoms with Gasteiger partial charge in [-0.05, 0) is 43.2 Å². The van der Waals surface area contributed by atoms with E-state index in [-0.39, 0.29) is 48.4 Å². The van der Waals surface area contributed by atoms with E-state index in [0.717, 1.165) is 10.6 Å². The number of nitrogens with one attached hydrogen (secondary N) is 1. The molecular formula is C21H23N3O5. The zero-order valence-electron chi connectivity index (χ0n) is 16.3. The van der Waals surface area contributed by atoms with E-state index in [2.05, 4.69) is 15.0 Å². The number of pyridine rings is 1. The maximum absolute atomic E-state index is 12.9. The third-order valence-corrected chi connectivity index (χ3v) is 6.18. The lowest BCUT2D eigenvalue weighted by molar-refractivity contribution is -0.151. The molecule has 3 aliphatic carbocycles. The highest BCUT2D eigenvalue weighted by molar-refractivity contribution is 6.07. The predicted octanol–water partition coefficient (Wildman–Crippen LogP) is 1.31. The number of nitrogens with zero attached hydrogens (tertiary/aromatic N) is 2. The molecule has 5 atom stereocenters. The number of hydrogen-bond acceptors (Lipinski definition) is 6. The zero-order chi connectivity index (χ0) is 20.7. The van der Waals surface area contributed by atoms with E-state index < -0.39 is 17.8 Å². The number of allylic oxidation sites excluding steroid dienone is 2. The number of methoxy groups -OCH3 is 1. The number of hydrogen-bond donors (Lipinski definition) is 1. The highest BCUT2D eigenvalue weighted by Gasteiger charge is 2.59. The van der Waals surface area contributed by atoms with E-state index in [9.17, 15) is 19.2 Å². The van der Waals surface area contributed by atoms with Crippen molar-refractivity contribution in [3.63, 3.8) is 0 Å². The van der Waals surface area contributed by atoms with Crippen molar-refractivity contribution < 1.29 is 23.9 Å². The van der Waals surface area contributed by atoms with Gasteiger partial charge in [0.1, 0.15) is 12.4 Å². The summed E-state index contributed by atoms with van der Waals surface area (Å²) in [5.74, 6) is -2.20. The van der Waals surface area contributed by atoms with E-state index >= 15 is 0 Å². The molecule has 1 aromatic heterocycles. The van der Waals surface area contributed by atoms with Gasteiger partial charge in [-0.3, -0.25) is 24.1 Å². The molecule has 1 saturated heterocycles. The first kappa shape index (κ1) is 19.3. The van der Waals surface area contributed by atoms with Crippen molar-refractivity contribution in [2.75, 3.05) is 19.0 Å². The quantitative estimate of drug-likeness (QED) is 0.456. The Morgan fingerprint density at radius 3 is 2.69 bits per heavy atom. The third kappa shape index (κ3) is 3.43. The molecule has 2 fully saturated rings. The van der Waals surface area contributed by atoms with E-state index in [1.165, 1.54) is 7.11 Å². The lowest BCUT2D eigenvalue weighted by atomic mass is 9.58. The molecule has 4 aliphatic rings. The monoisotopic (exact) mass is 397 g/mol. The highest BCUT2D eigenvalue weighted by atomic mass is 16.5. The first-order valence-corrected chi connectivity index (χ1v) is 9.73. The van der Waals surface area contributed by atoms with E-state index in [0.29, 0.717) is 12.2 Å². The summed E-state index contributed by atoms with van der Waals surface area (Å²) in [5.41, 5.74) is 0.811. The summed E-state index contributed by atoms with van der Waals surface area (Å²) in [6, 6.07) is 5.41. The minimum absolute atomic E-state index is 0.0362. The predicted molar refractivity (Wildman–Crippen MR) is 102 cm³/mol. The molecule has 152 valence electrons. The number of aryl methyl sites for hydroxylation is 1. The van der Waals surface area contributed by atoms with Gasteiger partial charge < -0.3 is 10.1 Å². The van der Waals surface area contributed by atoms with Crippen LogP contribution in [0.25, 0.3) is 0 Å². The van der Waals surface area contributed by atoms with Crippen molar-refractivity contribution in [1.82, 2.24) is 9.88 Å².